The number of carbonyl (C=O) groups is 1. The minimum atomic E-state index is -0.518. The summed E-state index contributed by atoms with van der Waals surface area (Å²) in [6.45, 7) is 6.64. The van der Waals surface area contributed by atoms with E-state index in [1.807, 2.05) is 13.0 Å². The summed E-state index contributed by atoms with van der Waals surface area (Å²) in [4.78, 5) is 26.0. The first-order chi connectivity index (χ1) is 9.93. The Bertz CT molecular complexity index is 659. The third kappa shape index (κ3) is 3.11. The van der Waals surface area contributed by atoms with Crippen molar-refractivity contribution in [3.63, 3.8) is 0 Å². The van der Waals surface area contributed by atoms with E-state index in [4.69, 9.17) is 10.00 Å². The largest absolute Gasteiger partial charge is 0.375 e. The van der Waals surface area contributed by atoms with Crippen LogP contribution in [0.25, 0.3) is 0 Å². The first-order valence-electron chi connectivity index (χ1n) is 6.81. The Morgan fingerprint density at radius 2 is 2.24 bits per heavy atom. The maximum Gasteiger partial charge on any atom is 0.285 e. The van der Waals surface area contributed by atoms with E-state index in [1.54, 1.807) is 18.7 Å². The predicted molar refractivity (Wildman–Crippen MR) is 74.7 cm³/mol. The van der Waals surface area contributed by atoms with Gasteiger partial charge in [-0.2, -0.15) is 10.4 Å². The lowest BCUT2D eigenvalue weighted by Gasteiger charge is -2.31. The number of aryl methyl sites for hydroxylation is 1. The zero-order valence-corrected chi connectivity index (χ0v) is 12.4. The summed E-state index contributed by atoms with van der Waals surface area (Å²) in [5, 5.41) is 13.2. The standard InChI is InChI=1S/C14H18N4O3/c1-9-7-17(4-5-21-9)13(19)8-18-14(20)12(6-15)10(2)11(3)16-18/h9H,4-5,7-8H2,1-3H3. The highest BCUT2D eigenvalue weighted by molar-refractivity contribution is 5.76. The number of morpholine rings is 1. The Kier molecular flexibility index (Phi) is 4.38. The van der Waals surface area contributed by atoms with Crippen molar-refractivity contribution in [1.82, 2.24) is 14.7 Å². The quantitative estimate of drug-likeness (QED) is 0.763. The van der Waals surface area contributed by atoms with Crippen LogP contribution in [0.5, 0.6) is 0 Å². The molecule has 1 unspecified atom stereocenters. The lowest BCUT2D eigenvalue weighted by molar-refractivity contribution is -0.139. The molecule has 0 aromatic carbocycles. The molecule has 7 heteroatoms. The molecule has 1 saturated heterocycles. The number of rotatable bonds is 2. The fourth-order valence-electron chi connectivity index (χ4n) is 2.28. The van der Waals surface area contributed by atoms with E-state index >= 15 is 0 Å². The summed E-state index contributed by atoms with van der Waals surface area (Å²) in [7, 11) is 0. The monoisotopic (exact) mass is 290 g/mol. The van der Waals surface area contributed by atoms with Crippen molar-refractivity contribution in [2.45, 2.75) is 33.4 Å². The number of amides is 1. The van der Waals surface area contributed by atoms with Crippen molar-refractivity contribution in [3.05, 3.63) is 27.2 Å². The molecular formula is C14H18N4O3. The van der Waals surface area contributed by atoms with Crippen molar-refractivity contribution >= 4 is 5.91 Å². The van der Waals surface area contributed by atoms with E-state index in [9.17, 15) is 9.59 Å². The van der Waals surface area contributed by atoms with Crippen LogP contribution in [0, 0.1) is 25.2 Å². The Morgan fingerprint density at radius 1 is 1.52 bits per heavy atom. The molecule has 0 bridgehead atoms. The van der Waals surface area contributed by atoms with E-state index < -0.39 is 5.56 Å². The molecule has 1 amide bonds. The van der Waals surface area contributed by atoms with Crippen molar-refractivity contribution < 1.29 is 9.53 Å². The van der Waals surface area contributed by atoms with Gasteiger partial charge in [0, 0.05) is 13.1 Å². The molecule has 0 saturated carbocycles. The van der Waals surface area contributed by atoms with Gasteiger partial charge in [0.25, 0.3) is 5.56 Å². The SMILES string of the molecule is Cc1nn(CC(=O)N2CCOC(C)C2)c(=O)c(C#N)c1C. The van der Waals surface area contributed by atoms with Crippen LogP contribution < -0.4 is 5.56 Å². The van der Waals surface area contributed by atoms with Crippen molar-refractivity contribution in [2.24, 2.45) is 0 Å². The fourth-order valence-corrected chi connectivity index (χ4v) is 2.28. The lowest BCUT2D eigenvalue weighted by Crippen LogP contribution is -2.47. The van der Waals surface area contributed by atoms with Gasteiger partial charge in [0.15, 0.2) is 0 Å². The first-order valence-corrected chi connectivity index (χ1v) is 6.81. The van der Waals surface area contributed by atoms with Gasteiger partial charge in [-0.05, 0) is 26.3 Å². The number of nitriles is 1. The number of aromatic nitrogens is 2. The molecule has 7 nitrogen and oxygen atoms in total. The predicted octanol–water partition coefficient (Wildman–Crippen LogP) is -0.0209. The number of nitrogens with zero attached hydrogens (tertiary/aromatic N) is 4. The second kappa shape index (κ2) is 6.06. The molecule has 0 radical (unpaired) electrons. The minimum absolute atomic E-state index is 0.0122. The van der Waals surface area contributed by atoms with Crippen molar-refractivity contribution in [3.8, 4) is 6.07 Å². The Labute approximate surface area is 122 Å². The van der Waals surface area contributed by atoms with Gasteiger partial charge in [-0.1, -0.05) is 0 Å². The van der Waals surface area contributed by atoms with Gasteiger partial charge in [0.2, 0.25) is 5.91 Å². The van der Waals surface area contributed by atoms with Gasteiger partial charge in [0.05, 0.1) is 18.4 Å². The zero-order valence-electron chi connectivity index (χ0n) is 12.4. The van der Waals surface area contributed by atoms with Crippen LogP contribution in [-0.2, 0) is 16.1 Å². The van der Waals surface area contributed by atoms with Gasteiger partial charge in [-0.25, -0.2) is 4.68 Å². The van der Waals surface area contributed by atoms with Crippen LogP contribution in [0.1, 0.15) is 23.7 Å². The average Bonchev–Trinajstić information content (AvgIpc) is 2.45. The van der Waals surface area contributed by atoms with Crippen LogP contribution in [0.3, 0.4) is 0 Å². The van der Waals surface area contributed by atoms with Gasteiger partial charge in [0.1, 0.15) is 18.2 Å². The van der Waals surface area contributed by atoms with E-state index in [1.165, 1.54) is 0 Å². The Hall–Kier alpha value is -2.20. The maximum absolute atomic E-state index is 12.2. The van der Waals surface area contributed by atoms with Gasteiger partial charge in [-0.3, -0.25) is 9.59 Å². The second-order valence-corrected chi connectivity index (χ2v) is 5.18. The molecular weight excluding hydrogens is 272 g/mol. The minimum Gasteiger partial charge on any atom is -0.375 e. The number of ether oxygens (including phenoxy) is 1. The molecule has 1 atom stereocenters. The Balaban J connectivity index is 2.24. The number of carbonyl (C=O) groups excluding carboxylic acids is 1. The van der Waals surface area contributed by atoms with E-state index in [2.05, 4.69) is 5.10 Å². The molecule has 0 N–H and O–H groups in total. The molecule has 1 aromatic heterocycles. The summed E-state index contributed by atoms with van der Waals surface area (Å²) < 4.78 is 6.46. The molecule has 2 rings (SSSR count). The molecule has 21 heavy (non-hydrogen) atoms. The molecule has 1 aromatic rings. The third-order valence-corrected chi connectivity index (χ3v) is 3.63. The van der Waals surface area contributed by atoms with Crippen LogP contribution in [0.2, 0.25) is 0 Å². The topological polar surface area (TPSA) is 88.2 Å². The molecule has 1 fully saturated rings. The molecule has 112 valence electrons. The van der Waals surface area contributed by atoms with Gasteiger partial charge >= 0.3 is 0 Å². The molecule has 2 heterocycles. The van der Waals surface area contributed by atoms with E-state index in [0.717, 1.165) is 4.68 Å². The average molecular weight is 290 g/mol. The van der Waals surface area contributed by atoms with Gasteiger partial charge in [-0.15, -0.1) is 0 Å². The number of hydrogen-bond acceptors (Lipinski definition) is 5. The van der Waals surface area contributed by atoms with Crippen LogP contribution >= 0.6 is 0 Å². The highest BCUT2D eigenvalue weighted by Gasteiger charge is 2.23. The zero-order chi connectivity index (χ0) is 15.6. The summed E-state index contributed by atoms with van der Waals surface area (Å²) in [5.74, 6) is -0.188. The first kappa shape index (κ1) is 15.2. The summed E-state index contributed by atoms with van der Waals surface area (Å²) >= 11 is 0. The highest BCUT2D eigenvalue weighted by atomic mass is 16.5. The summed E-state index contributed by atoms with van der Waals surface area (Å²) in [6, 6.07) is 1.89. The fraction of sp³-hybridized carbons (Fsp3) is 0.571. The molecule has 1 aliphatic heterocycles. The summed E-state index contributed by atoms with van der Waals surface area (Å²) in [5.41, 5.74) is 0.668. The highest BCUT2D eigenvalue weighted by Crippen LogP contribution is 2.07. The second-order valence-electron chi connectivity index (χ2n) is 5.18. The van der Waals surface area contributed by atoms with Crippen LogP contribution in [0.4, 0.5) is 0 Å². The smallest absolute Gasteiger partial charge is 0.285 e. The third-order valence-electron chi connectivity index (χ3n) is 3.63. The lowest BCUT2D eigenvalue weighted by atomic mass is 10.1. The van der Waals surface area contributed by atoms with Crippen LogP contribution in [-0.4, -0.2) is 46.4 Å². The normalized spacial score (nSPS) is 18.4. The Morgan fingerprint density at radius 3 is 2.86 bits per heavy atom. The number of hydrogen-bond donors (Lipinski definition) is 0. The van der Waals surface area contributed by atoms with E-state index in [0.29, 0.717) is 31.0 Å². The molecule has 1 aliphatic rings. The van der Waals surface area contributed by atoms with Crippen LogP contribution in [0.15, 0.2) is 4.79 Å². The van der Waals surface area contributed by atoms with Crippen molar-refractivity contribution in [2.75, 3.05) is 19.7 Å². The maximum atomic E-state index is 12.2. The molecule has 0 aliphatic carbocycles. The van der Waals surface area contributed by atoms with E-state index in [-0.39, 0.29) is 24.1 Å². The summed E-state index contributed by atoms with van der Waals surface area (Å²) in [6.07, 6.45) is -0.0122. The van der Waals surface area contributed by atoms with Gasteiger partial charge < -0.3 is 9.64 Å². The molecule has 0 spiro atoms. The van der Waals surface area contributed by atoms with Crippen molar-refractivity contribution in [1.29, 1.82) is 5.26 Å².